The molecule has 0 spiro atoms. The Balaban J connectivity index is 6.42. The number of rotatable bonds is 5. The molecular weight excluding hydrogens is 462 g/mol. The van der Waals surface area contributed by atoms with Crippen molar-refractivity contribution in [1.82, 2.24) is 0 Å². The van der Waals surface area contributed by atoms with Gasteiger partial charge in [0.1, 0.15) is 0 Å². The Morgan fingerprint density at radius 2 is 0.643 bits per heavy atom. The van der Waals surface area contributed by atoms with Gasteiger partial charge < -0.3 is 0 Å². The van der Waals surface area contributed by atoms with E-state index in [1.165, 1.54) is 0 Å². The van der Waals surface area contributed by atoms with Gasteiger partial charge in [0, 0.05) is 0 Å². The maximum Gasteiger partial charge on any atom is 0.460 e. The van der Waals surface area contributed by atoms with Gasteiger partial charge in [0.25, 0.3) is 0 Å². The van der Waals surface area contributed by atoms with E-state index in [0.29, 0.717) is 0 Å². The molecule has 168 valence electrons. The van der Waals surface area contributed by atoms with Crippen LogP contribution < -0.4 is 0 Å². The summed E-state index contributed by atoms with van der Waals surface area (Å²) < 4.78 is 223. The third kappa shape index (κ3) is 3.81. The van der Waals surface area contributed by atoms with Crippen molar-refractivity contribution in [1.29, 1.82) is 0 Å². The first kappa shape index (κ1) is 26.5. The van der Waals surface area contributed by atoms with Crippen LogP contribution in [-0.2, 0) is 0 Å². The summed E-state index contributed by atoms with van der Waals surface area (Å²) in [5.41, 5.74) is -6.86. The lowest BCUT2D eigenvalue weighted by molar-refractivity contribution is -0.417. The molecule has 0 N–H and O–H groups in total. The molecule has 0 aromatic heterocycles. The molecule has 0 saturated heterocycles. The molecule has 0 fully saturated rings. The highest BCUT2D eigenvalue weighted by Crippen LogP contribution is 2.58. The lowest BCUT2D eigenvalue weighted by Crippen LogP contribution is -2.66. The van der Waals surface area contributed by atoms with Gasteiger partial charge in [-0.05, 0) is 12.2 Å². The number of hydrogen-bond acceptors (Lipinski definition) is 0. The highest BCUT2D eigenvalue weighted by Gasteiger charge is 2.87. The molecule has 0 atom stereocenters. The van der Waals surface area contributed by atoms with Crippen molar-refractivity contribution in [3.05, 3.63) is 12.2 Å². The molecule has 0 aromatic carbocycles. The predicted molar refractivity (Wildman–Crippen MR) is 50.9 cm³/mol. The molecule has 0 heterocycles. The van der Waals surface area contributed by atoms with Crippen molar-refractivity contribution >= 4 is 0 Å². The van der Waals surface area contributed by atoms with Gasteiger partial charge in [0.05, 0.1) is 0 Å². The average molecular weight is 464 g/mol. The first-order valence-electron chi connectivity index (χ1n) is 5.81. The summed E-state index contributed by atoms with van der Waals surface area (Å²) in [5.74, 6) is -31.2. The van der Waals surface area contributed by atoms with Gasteiger partial charge >= 0.3 is 47.9 Å². The van der Waals surface area contributed by atoms with Crippen LogP contribution in [0.15, 0.2) is 12.2 Å². The third-order valence-electron chi connectivity index (χ3n) is 2.91. The third-order valence-corrected chi connectivity index (χ3v) is 2.91. The van der Waals surface area contributed by atoms with Crippen molar-refractivity contribution in [2.75, 3.05) is 0 Å². The van der Waals surface area contributed by atoms with Crippen LogP contribution in [0.1, 0.15) is 0 Å². The summed E-state index contributed by atoms with van der Waals surface area (Å²) in [5, 5.41) is 0. The zero-order valence-electron chi connectivity index (χ0n) is 12.0. The monoisotopic (exact) mass is 464 g/mol. The minimum Gasteiger partial charge on any atom is -0.219 e. The molecular formula is C10H2F18. The number of alkyl halides is 18. The first-order valence-corrected chi connectivity index (χ1v) is 5.81. The number of hydrogen-bond donors (Lipinski definition) is 0. The van der Waals surface area contributed by atoms with Gasteiger partial charge in [-0.1, -0.05) is 0 Å². The van der Waals surface area contributed by atoms with Crippen molar-refractivity contribution in [3.63, 3.8) is 0 Å². The average Bonchev–Trinajstić information content (AvgIpc) is 2.40. The molecule has 0 radical (unpaired) electrons. The molecule has 0 bridgehead atoms. The second-order valence-electron chi connectivity index (χ2n) is 4.88. The van der Waals surface area contributed by atoms with Gasteiger partial charge in [-0.25, -0.2) is 4.39 Å². The molecule has 18 heteroatoms. The van der Waals surface area contributed by atoms with Gasteiger partial charge in [-0.2, -0.15) is 74.6 Å². The van der Waals surface area contributed by atoms with Crippen LogP contribution in [0.3, 0.4) is 0 Å². The summed E-state index contributed by atoms with van der Waals surface area (Å²) in [6.07, 6.45) is -27.0. The van der Waals surface area contributed by atoms with Gasteiger partial charge in [-0.15, -0.1) is 0 Å². The zero-order chi connectivity index (χ0) is 23.4. The topological polar surface area (TPSA) is 0 Å². The first-order chi connectivity index (χ1) is 11.7. The second kappa shape index (κ2) is 6.50. The Bertz CT molecular complexity index is 569. The Kier molecular flexibility index (Phi) is 6.14. The van der Waals surface area contributed by atoms with Crippen LogP contribution in [0, 0.1) is 0 Å². The fraction of sp³-hybridized carbons (Fsp3) is 0.800. The largest absolute Gasteiger partial charge is 0.460 e. The molecule has 0 aromatic rings. The van der Waals surface area contributed by atoms with Crippen LogP contribution in [-0.4, -0.2) is 47.9 Å². The van der Waals surface area contributed by atoms with E-state index in [4.69, 9.17) is 0 Å². The smallest absolute Gasteiger partial charge is 0.219 e. The minimum absolute atomic E-state index is 2.46. The Labute approximate surface area is 140 Å². The van der Waals surface area contributed by atoms with Gasteiger partial charge in [0.15, 0.2) is 0 Å². The molecule has 0 aliphatic heterocycles. The summed E-state index contributed by atoms with van der Waals surface area (Å²) >= 11 is 0. The Morgan fingerprint density at radius 1 is 0.321 bits per heavy atom. The summed E-state index contributed by atoms with van der Waals surface area (Å²) in [6.45, 7) is 0. The Morgan fingerprint density at radius 3 is 0.893 bits per heavy atom. The van der Waals surface area contributed by atoms with Crippen LogP contribution in [0.5, 0.6) is 0 Å². The van der Waals surface area contributed by atoms with Gasteiger partial charge in [0.2, 0.25) is 0 Å². The SMILES string of the molecule is FC(F)(F)C(F)(F)C(F)(F)C(F)(F)C(F)(F)C=CC(F)(C(F)(F)F)C(F)(F)F. The Hall–Kier alpha value is -1.52. The molecule has 0 aliphatic rings. The highest BCUT2D eigenvalue weighted by atomic mass is 19.4. The van der Waals surface area contributed by atoms with Crippen molar-refractivity contribution in [3.8, 4) is 0 Å². The fourth-order valence-corrected chi connectivity index (χ4v) is 1.26. The van der Waals surface area contributed by atoms with Crippen molar-refractivity contribution < 1.29 is 79.0 Å². The van der Waals surface area contributed by atoms with E-state index in [9.17, 15) is 79.0 Å². The van der Waals surface area contributed by atoms with Crippen molar-refractivity contribution in [2.24, 2.45) is 0 Å². The van der Waals surface area contributed by atoms with E-state index < -0.39 is 60.0 Å². The van der Waals surface area contributed by atoms with Gasteiger partial charge in [-0.3, -0.25) is 0 Å². The van der Waals surface area contributed by atoms with E-state index in [0.717, 1.165) is 0 Å². The standard InChI is InChI=1S/C10H2F18/c11-3(8(20,21)22,9(23,24)25)1-2-4(12,13)5(14,15)6(16,17)7(18,19)10(26,27)28/h1-2H. The highest BCUT2D eigenvalue weighted by molar-refractivity contribution is 5.19. The molecule has 0 amide bonds. The van der Waals surface area contributed by atoms with Crippen molar-refractivity contribution in [2.45, 2.75) is 47.9 Å². The molecule has 0 aliphatic carbocycles. The van der Waals surface area contributed by atoms with Crippen LogP contribution in [0.25, 0.3) is 0 Å². The van der Waals surface area contributed by atoms with Crippen LogP contribution >= 0.6 is 0 Å². The predicted octanol–water partition coefficient (Wildman–Crippen LogP) is 6.48. The molecule has 0 nitrogen and oxygen atoms in total. The normalized spacial score (nSPS) is 16.8. The summed E-state index contributed by atoms with van der Waals surface area (Å²) in [7, 11) is 0. The van der Waals surface area contributed by atoms with E-state index in [1.807, 2.05) is 0 Å². The number of allylic oxidation sites excluding steroid dienone is 2. The van der Waals surface area contributed by atoms with Crippen LogP contribution in [0.4, 0.5) is 79.0 Å². The fourth-order valence-electron chi connectivity index (χ4n) is 1.26. The van der Waals surface area contributed by atoms with E-state index in [-0.39, 0.29) is 0 Å². The number of halogens is 18. The quantitative estimate of drug-likeness (QED) is 0.323. The maximum atomic E-state index is 13.0. The maximum absolute atomic E-state index is 13.0. The van der Waals surface area contributed by atoms with E-state index in [2.05, 4.69) is 0 Å². The molecule has 0 saturated carbocycles. The zero-order valence-corrected chi connectivity index (χ0v) is 12.0. The lowest BCUT2D eigenvalue weighted by atomic mass is 9.95. The molecule has 28 heavy (non-hydrogen) atoms. The summed E-state index contributed by atoms with van der Waals surface area (Å²) in [4.78, 5) is 0. The molecule has 0 unspecified atom stereocenters. The summed E-state index contributed by atoms with van der Waals surface area (Å²) in [6, 6.07) is 0. The van der Waals surface area contributed by atoms with E-state index >= 15 is 0 Å². The van der Waals surface area contributed by atoms with Crippen LogP contribution in [0.2, 0.25) is 0 Å². The second-order valence-corrected chi connectivity index (χ2v) is 4.88. The minimum atomic E-state index is -8.08. The lowest BCUT2D eigenvalue weighted by Gasteiger charge is -2.36. The van der Waals surface area contributed by atoms with E-state index in [1.54, 1.807) is 0 Å². The molecule has 0 rings (SSSR count).